The molecule has 0 atom stereocenters. The summed E-state index contributed by atoms with van der Waals surface area (Å²) in [4.78, 5) is 20.2. The standard InChI is InChI=1S/C12H16BrN3O2/c13-11-7-10(8-14-9-11)12(18)16-3-1-15(2-4-16)5-6-17/h7-9,17H,1-6H2. The van der Waals surface area contributed by atoms with Gasteiger partial charge in [-0.1, -0.05) is 0 Å². The molecule has 1 aliphatic heterocycles. The Bertz CT molecular complexity index is 420. The van der Waals surface area contributed by atoms with Crippen molar-refractivity contribution in [3.05, 3.63) is 28.5 Å². The number of rotatable bonds is 3. The Morgan fingerprint density at radius 1 is 1.33 bits per heavy atom. The topological polar surface area (TPSA) is 56.7 Å². The molecule has 0 bridgehead atoms. The lowest BCUT2D eigenvalue weighted by Crippen LogP contribution is -2.49. The lowest BCUT2D eigenvalue weighted by molar-refractivity contribution is 0.0614. The van der Waals surface area contributed by atoms with Gasteiger partial charge in [0.1, 0.15) is 0 Å². The van der Waals surface area contributed by atoms with Gasteiger partial charge in [-0.2, -0.15) is 0 Å². The van der Waals surface area contributed by atoms with Gasteiger partial charge in [0.2, 0.25) is 0 Å². The predicted molar refractivity (Wildman–Crippen MR) is 71.4 cm³/mol. The van der Waals surface area contributed by atoms with E-state index in [4.69, 9.17) is 5.11 Å². The summed E-state index contributed by atoms with van der Waals surface area (Å²) in [6.45, 7) is 3.88. The van der Waals surface area contributed by atoms with E-state index >= 15 is 0 Å². The molecule has 2 heterocycles. The fourth-order valence-corrected chi connectivity index (χ4v) is 2.39. The number of pyridine rings is 1. The maximum atomic E-state index is 12.2. The van der Waals surface area contributed by atoms with Crippen LogP contribution in [0.2, 0.25) is 0 Å². The molecule has 0 radical (unpaired) electrons. The maximum absolute atomic E-state index is 12.2. The molecule has 0 spiro atoms. The van der Waals surface area contributed by atoms with Gasteiger partial charge in [0, 0.05) is 49.6 Å². The molecular formula is C12H16BrN3O2. The van der Waals surface area contributed by atoms with Gasteiger partial charge in [0.15, 0.2) is 0 Å². The normalized spacial score (nSPS) is 16.9. The second-order valence-electron chi connectivity index (χ2n) is 4.25. The van der Waals surface area contributed by atoms with Crippen molar-refractivity contribution in [2.45, 2.75) is 0 Å². The molecule has 0 saturated carbocycles. The first kappa shape index (κ1) is 13.5. The van der Waals surface area contributed by atoms with Crippen LogP contribution in [0.25, 0.3) is 0 Å². The zero-order valence-corrected chi connectivity index (χ0v) is 11.6. The average Bonchev–Trinajstić information content (AvgIpc) is 2.39. The minimum absolute atomic E-state index is 0.0208. The summed E-state index contributed by atoms with van der Waals surface area (Å²) < 4.78 is 0.812. The molecule has 1 fully saturated rings. The first-order chi connectivity index (χ1) is 8.70. The van der Waals surface area contributed by atoms with E-state index in [-0.39, 0.29) is 12.5 Å². The predicted octanol–water partition coefficient (Wildman–Crippen LogP) is 0.594. The molecule has 98 valence electrons. The molecule has 1 amide bonds. The van der Waals surface area contributed by atoms with Crippen LogP contribution in [0.4, 0.5) is 0 Å². The van der Waals surface area contributed by atoms with Crippen LogP contribution in [-0.4, -0.2) is 65.1 Å². The molecule has 5 nitrogen and oxygen atoms in total. The Morgan fingerprint density at radius 3 is 2.67 bits per heavy atom. The lowest BCUT2D eigenvalue weighted by Gasteiger charge is -2.34. The second-order valence-corrected chi connectivity index (χ2v) is 5.16. The van der Waals surface area contributed by atoms with E-state index in [2.05, 4.69) is 25.8 Å². The molecule has 1 aromatic rings. The van der Waals surface area contributed by atoms with Crippen LogP contribution in [0.3, 0.4) is 0 Å². The van der Waals surface area contributed by atoms with E-state index in [0.29, 0.717) is 25.2 Å². The van der Waals surface area contributed by atoms with Crippen molar-refractivity contribution >= 4 is 21.8 Å². The molecule has 1 aromatic heterocycles. The van der Waals surface area contributed by atoms with Crippen LogP contribution in [0, 0.1) is 0 Å². The Hall–Kier alpha value is -0.980. The fraction of sp³-hybridized carbons (Fsp3) is 0.500. The second kappa shape index (κ2) is 6.26. The fourth-order valence-electron chi connectivity index (χ4n) is 2.03. The number of hydrogen-bond acceptors (Lipinski definition) is 4. The van der Waals surface area contributed by atoms with Crippen molar-refractivity contribution < 1.29 is 9.90 Å². The number of aromatic nitrogens is 1. The van der Waals surface area contributed by atoms with E-state index in [9.17, 15) is 4.79 Å². The number of carbonyl (C=O) groups excluding carboxylic acids is 1. The van der Waals surface area contributed by atoms with Crippen molar-refractivity contribution in [3.63, 3.8) is 0 Å². The summed E-state index contributed by atoms with van der Waals surface area (Å²) in [6.07, 6.45) is 3.25. The molecule has 1 saturated heterocycles. The average molecular weight is 314 g/mol. The number of piperazine rings is 1. The van der Waals surface area contributed by atoms with Gasteiger partial charge in [-0.15, -0.1) is 0 Å². The van der Waals surface area contributed by atoms with E-state index < -0.39 is 0 Å². The highest BCUT2D eigenvalue weighted by atomic mass is 79.9. The molecule has 0 unspecified atom stereocenters. The van der Waals surface area contributed by atoms with Crippen LogP contribution in [0.1, 0.15) is 10.4 Å². The SMILES string of the molecule is O=C(c1cncc(Br)c1)N1CCN(CCO)CC1. The molecule has 0 aromatic carbocycles. The molecule has 1 N–H and O–H groups in total. The van der Waals surface area contributed by atoms with E-state index in [1.807, 2.05) is 4.90 Å². The molecule has 2 rings (SSSR count). The van der Waals surface area contributed by atoms with Gasteiger partial charge < -0.3 is 10.0 Å². The number of halogens is 1. The zero-order chi connectivity index (χ0) is 13.0. The van der Waals surface area contributed by atoms with Crippen LogP contribution in [-0.2, 0) is 0 Å². The monoisotopic (exact) mass is 313 g/mol. The van der Waals surface area contributed by atoms with Crippen LogP contribution in [0.5, 0.6) is 0 Å². The van der Waals surface area contributed by atoms with Crippen molar-refractivity contribution in [2.75, 3.05) is 39.3 Å². The quantitative estimate of drug-likeness (QED) is 0.887. The van der Waals surface area contributed by atoms with Crippen LogP contribution >= 0.6 is 15.9 Å². The van der Waals surface area contributed by atoms with E-state index in [0.717, 1.165) is 17.6 Å². The molecule has 6 heteroatoms. The molecular weight excluding hydrogens is 298 g/mol. The van der Waals surface area contributed by atoms with E-state index in [1.54, 1.807) is 18.5 Å². The number of aliphatic hydroxyl groups excluding tert-OH is 1. The number of nitrogens with zero attached hydrogens (tertiary/aromatic N) is 3. The highest BCUT2D eigenvalue weighted by Gasteiger charge is 2.21. The molecule has 0 aliphatic carbocycles. The van der Waals surface area contributed by atoms with Gasteiger partial charge in [-0.25, -0.2) is 0 Å². The molecule has 1 aliphatic rings. The number of β-amino-alcohol motifs (C(OH)–C–C–N with tert-alkyl or cyclic N) is 1. The number of hydrogen-bond donors (Lipinski definition) is 1. The van der Waals surface area contributed by atoms with Crippen LogP contribution in [0.15, 0.2) is 22.9 Å². The first-order valence-corrected chi connectivity index (χ1v) is 6.73. The Labute approximate surface area is 115 Å². The van der Waals surface area contributed by atoms with Crippen molar-refractivity contribution in [1.29, 1.82) is 0 Å². The number of amides is 1. The third-order valence-corrected chi connectivity index (χ3v) is 3.46. The maximum Gasteiger partial charge on any atom is 0.255 e. The summed E-state index contributed by atoms with van der Waals surface area (Å²) >= 11 is 3.32. The molecule has 18 heavy (non-hydrogen) atoms. The van der Waals surface area contributed by atoms with Crippen molar-refractivity contribution in [3.8, 4) is 0 Å². The van der Waals surface area contributed by atoms with Crippen LogP contribution < -0.4 is 0 Å². The summed E-state index contributed by atoms with van der Waals surface area (Å²) in [6, 6.07) is 1.79. The third kappa shape index (κ3) is 3.28. The Morgan fingerprint density at radius 2 is 2.06 bits per heavy atom. The summed E-state index contributed by atoms with van der Waals surface area (Å²) in [5.41, 5.74) is 0.611. The number of carbonyl (C=O) groups is 1. The Kier molecular flexibility index (Phi) is 4.68. The Balaban J connectivity index is 1.95. The highest BCUT2D eigenvalue weighted by Crippen LogP contribution is 2.13. The zero-order valence-electron chi connectivity index (χ0n) is 10.0. The third-order valence-electron chi connectivity index (χ3n) is 3.03. The van der Waals surface area contributed by atoms with E-state index in [1.165, 1.54) is 0 Å². The van der Waals surface area contributed by atoms with Crippen molar-refractivity contribution in [1.82, 2.24) is 14.8 Å². The van der Waals surface area contributed by atoms with Gasteiger partial charge >= 0.3 is 0 Å². The number of aliphatic hydroxyl groups is 1. The van der Waals surface area contributed by atoms with Gasteiger partial charge in [-0.3, -0.25) is 14.7 Å². The van der Waals surface area contributed by atoms with Gasteiger partial charge in [-0.05, 0) is 22.0 Å². The summed E-state index contributed by atoms with van der Waals surface area (Å²) in [5, 5.41) is 8.87. The minimum Gasteiger partial charge on any atom is -0.395 e. The minimum atomic E-state index is 0.0208. The van der Waals surface area contributed by atoms with Gasteiger partial charge in [0.25, 0.3) is 5.91 Å². The van der Waals surface area contributed by atoms with Crippen molar-refractivity contribution in [2.24, 2.45) is 0 Å². The lowest BCUT2D eigenvalue weighted by atomic mass is 10.2. The first-order valence-electron chi connectivity index (χ1n) is 5.94. The van der Waals surface area contributed by atoms with Gasteiger partial charge in [0.05, 0.1) is 12.2 Å². The largest absolute Gasteiger partial charge is 0.395 e. The summed E-state index contributed by atoms with van der Waals surface area (Å²) in [5.74, 6) is 0.0208. The summed E-state index contributed by atoms with van der Waals surface area (Å²) in [7, 11) is 0. The smallest absolute Gasteiger partial charge is 0.255 e. The highest BCUT2D eigenvalue weighted by molar-refractivity contribution is 9.10.